The normalized spacial score (nSPS) is 12.8. The highest BCUT2D eigenvalue weighted by molar-refractivity contribution is 6.31. The van der Waals surface area contributed by atoms with E-state index in [1.165, 1.54) is 12.1 Å². The summed E-state index contributed by atoms with van der Waals surface area (Å²) in [6.07, 6.45) is 2.95. The van der Waals surface area contributed by atoms with Crippen LogP contribution >= 0.6 is 11.6 Å². The second-order valence-electron chi connectivity index (χ2n) is 3.74. The monoisotopic (exact) mass is 230 g/mol. The third kappa shape index (κ3) is 4.18. The largest absolute Gasteiger partial charge is 0.393 e. The van der Waals surface area contributed by atoms with Gasteiger partial charge in [0.15, 0.2) is 0 Å². The zero-order chi connectivity index (χ0) is 11.3. The molecule has 0 saturated carbocycles. The molecule has 1 aromatic carbocycles. The summed E-state index contributed by atoms with van der Waals surface area (Å²) in [6.45, 7) is 2.08. The molecule has 1 N–H and O–H groups in total. The summed E-state index contributed by atoms with van der Waals surface area (Å²) in [6, 6.07) is 4.28. The first-order chi connectivity index (χ1) is 7.13. The predicted molar refractivity (Wildman–Crippen MR) is 60.6 cm³/mol. The Balaban J connectivity index is 2.56. The summed E-state index contributed by atoms with van der Waals surface area (Å²) >= 11 is 5.86. The molecular formula is C12H16ClFO. The van der Waals surface area contributed by atoms with Crippen molar-refractivity contribution in [3.63, 3.8) is 0 Å². The van der Waals surface area contributed by atoms with E-state index in [0.717, 1.165) is 24.8 Å². The number of hydrogen-bond acceptors (Lipinski definition) is 1. The highest BCUT2D eigenvalue weighted by Gasteiger charge is 2.08. The van der Waals surface area contributed by atoms with E-state index in [-0.39, 0.29) is 11.9 Å². The lowest BCUT2D eigenvalue weighted by atomic mass is 10.0. The molecule has 0 aliphatic heterocycles. The van der Waals surface area contributed by atoms with Crippen molar-refractivity contribution in [1.82, 2.24) is 0 Å². The summed E-state index contributed by atoms with van der Waals surface area (Å²) in [5.41, 5.74) is 0.807. The molecule has 0 fully saturated rings. The van der Waals surface area contributed by atoms with Gasteiger partial charge in [0.05, 0.1) is 6.10 Å². The molecule has 1 nitrogen and oxygen atoms in total. The Morgan fingerprint density at radius 1 is 1.47 bits per heavy atom. The maximum atomic E-state index is 12.7. The highest BCUT2D eigenvalue weighted by atomic mass is 35.5. The van der Waals surface area contributed by atoms with Crippen molar-refractivity contribution in [2.75, 3.05) is 0 Å². The van der Waals surface area contributed by atoms with Crippen LogP contribution in [-0.2, 0) is 6.42 Å². The molecule has 1 aromatic rings. The van der Waals surface area contributed by atoms with Crippen molar-refractivity contribution in [1.29, 1.82) is 0 Å². The first-order valence-corrected chi connectivity index (χ1v) is 5.63. The molecule has 1 unspecified atom stereocenters. The van der Waals surface area contributed by atoms with Gasteiger partial charge in [0.2, 0.25) is 0 Å². The number of benzene rings is 1. The maximum absolute atomic E-state index is 12.7. The van der Waals surface area contributed by atoms with Crippen molar-refractivity contribution in [3.8, 4) is 0 Å². The van der Waals surface area contributed by atoms with Gasteiger partial charge in [-0.1, -0.05) is 37.4 Å². The van der Waals surface area contributed by atoms with Crippen LogP contribution in [0.4, 0.5) is 4.39 Å². The van der Waals surface area contributed by atoms with E-state index in [9.17, 15) is 9.50 Å². The third-order valence-corrected chi connectivity index (χ3v) is 2.71. The van der Waals surface area contributed by atoms with Gasteiger partial charge in [0.1, 0.15) is 5.82 Å². The van der Waals surface area contributed by atoms with Gasteiger partial charge in [-0.05, 0) is 30.5 Å². The molecule has 0 heterocycles. The summed E-state index contributed by atoms with van der Waals surface area (Å²) < 4.78 is 12.7. The van der Waals surface area contributed by atoms with E-state index in [2.05, 4.69) is 6.92 Å². The minimum atomic E-state index is -0.382. The molecule has 0 saturated heterocycles. The molecule has 0 spiro atoms. The first kappa shape index (κ1) is 12.5. The molecule has 0 bridgehead atoms. The van der Waals surface area contributed by atoms with Crippen LogP contribution in [0.15, 0.2) is 18.2 Å². The Hall–Kier alpha value is -0.600. The van der Waals surface area contributed by atoms with Crippen molar-refractivity contribution in [2.45, 2.75) is 38.7 Å². The Bertz CT molecular complexity index is 314. The van der Waals surface area contributed by atoms with Crippen molar-refractivity contribution in [3.05, 3.63) is 34.6 Å². The van der Waals surface area contributed by atoms with Crippen LogP contribution in [0.5, 0.6) is 0 Å². The van der Waals surface area contributed by atoms with Crippen LogP contribution in [0, 0.1) is 5.82 Å². The van der Waals surface area contributed by atoms with Crippen molar-refractivity contribution < 1.29 is 9.50 Å². The quantitative estimate of drug-likeness (QED) is 0.820. The lowest BCUT2D eigenvalue weighted by molar-refractivity contribution is 0.162. The number of aliphatic hydroxyl groups is 1. The number of unbranched alkanes of at least 4 members (excludes halogenated alkanes) is 1. The van der Waals surface area contributed by atoms with E-state index in [1.807, 2.05) is 0 Å². The van der Waals surface area contributed by atoms with Crippen molar-refractivity contribution in [2.24, 2.45) is 0 Å². The number of hydrogen-bond donors (Lipinski definition) is 1. The van der Waals surface area contributed by atoms with Crippen molar-refractivity contribution >= 4 is 11.6 Å². The Morgan fingerprint density at radius 3 is 2.80 bits per heavy atom. The summed E-state index contributed by atoms with van der Waals surface area (Å²) in [4.78, 5) is 0. The van der Waals surface area contributed by atoms with E-state index in [0.29, 0.717) is 11.4 Å². The van der Waals surface area contributed by atoms with Gasteiger partial charge in [-0.3, -0.25) is 0 Å². The van der Waals surface area contributed by atoms with Gasteiger partial charge in [0, 0.05) is 5.02 Å². The topological polar surface area (TPSA) is 20.2 Å². The van der Waals surface area contributed by atoms with Crippen LogP contribution in [-0.4, -0.2) is 11.2 Å². The lowest BCUT2D eigenvalue weighted by Crippen LogP contribution is -2.10. The molecule has 0 radical (unpaired) electrons. The van der Waals surface area contributed by atoms with Gasteiger partial charge in [-0.15, -0.1) is 0 Å². The molecule has 84 valence electrons. The average molecular weight is 231 g/mol. The maximum Gasteiger partial charge on any atom is 0.124 e. The number of rotatable bonds is 5. The fraction of sp³-hybridized carbons (Fsp3) is 0.500. The molecule has 3 heteroatoms. The minimum absolute atomic E-state index is 0.341. The van der Waals surface area contributed by atoms with Crippen LogP contribution < -0.4 is 0 Å². The second-order valence-corrected chi connectivity index (χ2v) is 4.14. The molecule has 0 aliphatic carbocycles. The fourth-order valence-corrected chi connectivity index (χ4v) is 1.73. The van der Waals surface area contributed by atoms with E-state index >= 15 is 0 Å². The summed E-state index contributed by atoms with van der Waals surface area (Å²) in [7, 11) is 0. The smallest absolute Gasteiger partial charge is 0.124 e. The van der Waals surface area contributed by atoms with Crippen LogP contribution in [0.25, 0.3) is 0 Å². The zero-order valence-corrected chi connectivity index (χ0v) is 9.60. The molecule has 0 aliphatic rings. The predicted octanol–water partition coefficient (Wildman–Crippen LogP) is 3.57. The Labute approximate surface area is 94.9 Å². The van der Waals surface area contributed by atoms with E-state index in [4.69, 9.17) is 11.6 Å². The molecule has 0 aromatic heterocycles. The van der Waals surface area contributed by atoms with Crippen LogP contribution in [0.3, 0.4) is 0 Å². The first-order valence-electron chi connectivity index (χ1n) is 5.25. The number of aliphatic hydroxyl groups excluding tert-OH is 1. The molecular weight excluding hydrogens is 215 g/mol. The second kappa shape index (κ2) is 6.09. The molecule has 1 atom stereocenters. The molecule has 15 heavy (non-hydrogen) atoms. The Morgan fingerprint density at radius 2 is 2.20 bits per heavy atom. The number of halogens is 2. The highest BCUT2D eigenvalue weighted by Crippen LogP contribution is 2.19. The van der Waals surface area contributed by atoms with Crippen LogP contribution in [0.1, 0.15) is 31.7 Å². The van der Waals surface area contributed by atoms with E-state index < -0.39 is 0 Å². The SMILES string of the molecule is CCCCC(O)Cc1ccc(F)cc1Cl. The minimum Gasteiger partial charge on any atom is -0.393 e. The zero-order valence-electron chi connectivity index (χ0n) is 8.84. The van der Waals surface area contributed by atoms with E-state index in [1.54, 1.807) is 6.07 Å². The summed E-state index contributed by atoms with van der Waals surface area (Å²) in [5.74, 6) is -0.341. The molecule has 1 rings (SSSR count). The summed E-state index contributed by atoms with van der Waals surface area (Å²) in [5, 5.41) is 10.1. The molecule has 0 amide bonds. The van der Waals surface area contributed by atoms with Gasteiger partial charge in [-0.2, -0.15) is 0 Å². The standard InChI is InChI=1S/C12H16ClFO/c1-2-3-4-11(15)7-9-5-6-10(14)8-12(9)13/h5-6,8,11,15H,2-4,7H2,1H3. The third-order valence-electron chi connectivity index (χ3n) is 2.36. The van der Waals surface area contributed by atoms with Crippen LogP contribution in [0.2, 0.25) is 5.02 Å². The van der Waals surface area contributed by atoms with Gasteiger partial charge < -0.3 is 5.11 Å². The Kier molecular flexibility index (Phi) is 5.06. The van der Waals surface area contributed by atoms with Gasteiger partial charge in [0.25, 0.3) is 0 Å². The lowest BCUT2D eigenvalue weighted by Gasteiger charge is -2.11. The fourth-order valence-electron chi connectivity index (χ4n) is 1.48. The average Bonchev–Trinajstić information content (AvgIpc) is 2.19. The van der Waals surface area contributed by atoms with Gasteiger partial charge >= 0.3 is 0 Å². The van der Waals surface area contributed by atoms with Gasteiger partial charge in [-0.25, -0.2) is 4.39 Å².